The number of anilines is 4. The Morgan fingerprint density at radius 2 is 0.655 bits per heavy atom. The van der Waals surface area contributed by atoms with E-state index in [2.05, 4.69) is 54.8 Å². The van der Waals surface area contributed by atoms with E-state index in [9.17, 15) is 72.2 Å². The molecule has 0 amide bonds. The van der Waals surface area contributed by atoms with Crippen LogP contribution >= 0.6 is 47.1 Å². The summed E-state index contributed by atoms with van der Waals surface area (Å²) in [6.07, 6.45) is -21.2. The lowest BCUT2D eigenvalue weighted by Crippen LogP contribution is -2.35. The number of fused-ring (bicyclic) bond motifs is 2. The van der Waals surface area contributed by atoms with Crippen LogP contribution in [0.25, 0.3) is 22.3 Å². The number of hydrogen-bond acceptors (Lipinski definition) is 55. The maximum atomic E-state index is 15.0. The van der Waals surface area contributed by atoms with Crippen LogP contribution in [0, 0.1) is 34.6 Å². The third-order valence-electron chi connectivity index (χ3n) is 23.9. The molecule has 0 radical (unpaired) electrons. The smallest absolute Gasteiger partial charge is 0.351 e. The molecule has 28 atom stereocenters. The molecule has 0 bridgehead atoms. The highest BCUT2D eigenvalue weighted by Gasteiger charge is 2.50. The van der Waals surface area contributed by atoms with Gasteiger partial charge in [-0.15, -0.1) is 0 Å². The summed E-state index contributed by atoms with van der Waals surface area (Å²) >= 11 is 37.9. The van der Waals surface area contributed by atoms with E-state index in [1.165, 1.54) is 81.2 Å². The van der Waals surface area contributed by atoms with Crippen molar-refractivity contribution in [2.75, 3.05) is 69.7 Å². The summed E-state index contributed by atoms with van der Waals surface area (Å²) in [5, 5.41) is 0. The third-order valence-corrected chi connectivity index (χ3v) is 35.0. The lowest BCUT2D eigenvalue weighted by atomic mass is 10.1. The fraction of sp³-hybridized carbons (Fsp3) is 0.583. The van der Waals surface area contributed by atoms with Gasteiger partial charge in [-0.2, -0.15) is 15.0 Å². The Bertz CT molecular complexity index is 7390. The molecule has 794 valence electrons. The lowest BCUT2D eigenvalue weighted by molar-refractivity contribution is -0.221. The zero-order valence-corrected chi connectivity index (χ0v) is 88.3. The molecule has 59 nitrogen and oxygen atoms in total. The van der Waals surface area contributed by atoms with Crippen molar-refractivity contribution < 1.29 is 130 Å². The number of aryl methyl sites for hydroxylation is 5. The summed E-state index contributed by atoms with van der Waals surface area (Å²) in [6, 6.07) is 0. The molecule has 12 N–H and O–H groups in total. The first-order chi connectivity index (χ1) is 68.2. The van der Waals surface area contributed by atoms with E-state index in [1.54, 1.807) is 6.92 Å². The number of hydrogen-bond donors (Lipinski definition) is 8. The van der Waals surface area contributed by atoms with Crippen LogP contribution in [-0.2, 0) is 184 Å². The number of rotatable bonds is 41. The van der Waals surface area contributed by atoms with Gasteiger partial charge >= 0.3 is 28.4 Å². The van der Waals surface area contributed by atoms with Crippen LogP contribution in [0.5, 0.6) is 0 Å². The van der Waals surface area contributed by atoms with Crippen molar-refractivity contribution in [1.82, 2.24) is 86.8 Å². The molecule has 0 spiro atoms. The van der Waals surface area contributed by atoms with Gasteiger partial charge in [0.2, 0.25) is 5.95 Å². The molecule has 16 heterocycles. The molecule has 73 heteroatoms. The molecule has 7 aliphatic heterocycles. The molecule has 9 aromatic rings. The van der Waals surface area contributed by atoms with Gasteiger partial charge in [-0.05, 0) is 41.0 Å². The average molecular weight is 2300 g/mol. The van der Waals surface area contributed by atoms with E-state index in [0.29, 0.717) is 0 Å². The van der Waals surface area contributed by atoms with Crippen LogP contribution < -0.4 is 103 Å². The van der Waals surface area contributed by atoms with E-state index in [-0.39, 0.29) is 106 Å². The van der Waals surface area contributed by atoms with Crippen LogP contribution in [0.15, 0.2) is 93.1 Å². The molecule has 7 aliphatic rings. The van der Waals surface area contributed by atoms with Crippen molar-refractivity contribution in [3.05, 3.63) is 172 Å². The first kappa shape index (κ1) is 111. The number of aromatic nitrogens is 18. The highest BCUT2D eigenvalue weighted by atomic mass is 32.7. The fourth-order valence-electron chi connectivity index (χ4n) is 16.7. The van der Waals surface area contributed by atoms with Crippen LogP contribution in [0.1, 0.15) is 130 Å². The van der Waals surface area contributed by atoms with Gasteiger partial charge in [-0.25, -0.2) is 43.9 Å². The SMILES string of the molecule is CC[C@H]1O[C@@H](n2cc(C)c(=O)[nH]c2=O)CC1OP([O-])(=S)OC[C@H]1O[C@@H](n2cnc3c(=O)[nH]c(N)nc32)CC1OP(=O)([S-])OC[C@H]1O[C@@H](n2cnc3c(N)ncnc32)CC1OP([O-])(=S)OC[C@H]1O[C@@H](n2cc(C)c(N)nc2=O)CC1OP([O-])(=S)OC[C@H]1O[C@@H](n2cc(C)c(N)nc2=O)CC1OP([O-])(=S)OC[C@H]1O[C@@H](n2cc(C)c(=O)[nH]c2=O)CC1OP([O-])(=S)OC[C@H]1O[C@@H](n2cc(C)c(=O)[nH]c2=O)CC1OP([O-])(=S)OC. The molecule has 0 aliphatic carbocycles. The summed E-state index contributed by atoms with van der Waals surface area (Å²) < 4.78 is 148. The largest absolute Gasteiger partial charge is 0.780 e. The van der Waals surface area contributed by atoms with Gasteiger partial charge in [0.05, 0.1) is 101 Å². The second kappa shape index (κ2) is 44.5. The lowest BCUT2D eigenvalue weighted by Gasteiger charge is -2.36. The van der Waals surface area contributed by atoms with Gasteiger partial charge in [-0.1, -0.05) is 77.8 Å². The van der Waals surface area contributed by atoms with Crippen molar-refractivity contribution in [2.24, 2.45) is 0 Å². The van der Waals surface area contributed by atoms with E-state index < -0.39 is 286 Å². The van der Waals surface area contributed by atoms with Gasteiger partial charge in [-0.3, -0.25) is 75.6 Å². The number of nitrogens with zero attached hydrogens (tertiary/aromatic N) is 14. The van der Waals surface area contributed by atoms with Crippen LogP contribution in [0.3, 0.4) is 0 Å². The summed E-state index contributed by atoms with van der Waals surface area (Å²) in [6.45, 7) is -29.9. The Hall–Kier alpha value is -6.70. The summed E-state index contributed by atoms with van der Waals surface area (Å²) in [4.78, 5) is 241. The molecule has 16 rings (SSSR count). The standard InChI is InChI=1S/C72H97N22O37P7S7/c1-8-35-36(9-49(118-35)90-18-32(4)63(95)85-70(90)101)126-133(105,140)112-26-48-42(15-55(124-48)94-29-80-57-62(94)83-67(76)84-66(57)98)131-138(110,145)117-25-47-41(14-54(123-47)93-28-79-56-60(75)77-27-78-61(56)93)130-137(109,144)116-23-45-39(12-51(121-45)89-17-31(3)59(74)82-69(89)100)127-135(107,142)114-22-44-38(11-50(120-44)88-16-30(2)58(73)81-68(88)99)128-136(108,143)115-24-46-40(13-53(122-46)92-20-34(6)65(97)87-72(92)103)129-134(106,141)113-21-43-37(125-132(104,139)111-7)10-52(119-43)91-19-33(5)64(96)86-71(91)102/h16-20,27-29,35-55H,8-15,21-26H2,1-7H3,(H,104,139)(H,105,140)(H,106,141)(H,107,142)(H,108,143)(H,109,144)(H,110,145)(H2,73,81,99)(H2,74,82,100)(H2,75,77,78)(H,85,95,101)(H,86,96,102)(H,87,97,103)(H3,76,83,84,98)/p-7/t35-,36?,37?,38?,39?,40?,41?,42?,43-,44-,45-,46-,47-,48-,49-,50-,51-,52-,53-,54-,55-,132?,133?,134?,135?,136?,137?,138?/m1/s1. The minimum absolute atomic E-state index is 0.0245. The first-order valence-corrected chi connectivity index (χ1v) is 61.3. The Balaban J connectivity index is 0.609. The molecule has 7 fully saturated rings. The van der Waals surface area contributed by atoms with Crippen LogP contribution in [0.4, 0.5) is 23.4 Å². The molecular formula is C72H90N22O37P7S7-7. The molecule has 145 heavy (non-hydrogen) atoms. The Kier molecular flexibility index (Phi) is 34.1. The predicted molar refractivity (Wildman–Crippen MR) is 513 cm³/mol. The average Bonchev–Trinajstić information content (AvgIpc) is 1.61. The van der Waals surface area contributed by atoms with Gasteiger partial charge in [0.25, 0.3) is 22.2 Å². The van der Waals surface area contributed by atoms with E-state index >= 15 is 4.89 Å². The maximum Gasteiger partial charge on any atom is 0.351 e. The third kappa shape index (κ3) is 26.3. The first-order valence-electron chi connectivity index (χ1n) is 43.4. The number of imidazole rings is 2. The normalized spacial score (nSPS) is 29.5. The predicted octanol–water partition coefficient (Wildman–Crippen LogP) is -2.98. The number of ether oxygens (including phenoxy) is 7. The Labute approximate surface area is 850 Å². The van der Waals surface area contributed by atoms with Crippen molar-refractivity contribution >= 4 is 176 Å². The fourth-order valence-corrected chi connectivity index (χ4v) is 26.4. The van der Waals surface area contributed by atoms with Crippen molar-refractivity contribution in [3.63, 3.8) is 0 Å². The van der Waals surface area contributed by atoms with Gasteiger partial charge in [0, 0.05) is 111 Å². The minimum atomic E-state index is -5.06. The van der Waals surface area contributed by atoms with E-state index in [4.69, 9.17) is 203 Å². The van der Waals surface area contributed by atoms with Crippen LogP contribution in [0.2, 0.25) is 0 Å². The molecule has 9 aromatic heterocycles. The van der Waals surface area contributed by atoms with Crippen molar-refractivity contribution in [2.45, 2.75) is 222 Å². The Morgan fingerprint density at radius 1 is 0.366 bits per heavy atom. The molecule has 0 aromatic carbocycles. The van der Waals surface area contributed by atoms with Crippen molar-refractivity contribution in [1.29, 1.82) is 0 Å². The minimum Gasteiger partial charge on any atom is -0.780 e. The van der Waals surface area contributed by atoms with E-state index in [0.717, 1.165) is 42.5 Å². The number of aromatic amines is 4. The van der Waals surface area contributed by atoms with Gasteiger partial charge in [0.1, 0.15) is 144 Å². The Morgan fingerprint density at radius 3 is 1.00 bits per heavy atom. The summed E-state index contributed by atoms with van der Waals surface area (Å²) in [7, 11) is 1.01. The molecule has 0 saturated carbocycles. The topological polar surface area (TPSA) is 795 Å². The second-order valence-corrected chi connectivity index (χ2v) is 52.9. The zero-order chi connectivity index (χ0) is 105. The highest BCUT2D eigenvalue weighted by molar-refractivity contribution is 8.32. The summed E-state index contributed by atoms with van der Waals surface area (Å²) in [5.41, 5.74) is 17.6. The maximum absolute atomic E-state index is 15.0. The number of nitrogen functional groups attached to an aromatic ring is 4. The zero-order valence-electron chi connectivity index (χ0n) is 76.3. The van der Waals surface area contributed by atoms with Crippen molar-refractivity contribution in [3.8, 4) is 0 Å². The summed E-state index contributed by atoms with van der Waals surface area (Å²) in [5.74, 6) is -0.674. The number of nitrogens with one attached hydrogen (secondary N) is 4. The highest BCUT2D eigenvalue weighted by Crippen LogP contribution is 2.57. The number of nitrogens with two attached hydrogens (primary N) is 4. The molecular weight excluding hydrogens is 2210 g/mol. The van der Waals surface area contributed by atoms with Gasteiger partial charge in [0.15, 0.2) is 29.4 Å². The van der Waals surface area contributed by atoms with E-state index in [1.807, 2.05) is 0 Å². The second-order valence-electron chi connectivity index (χ2n) is 33.8. The molecule has 7 saturated heterocycles. The monoisotopic (exact) mass is 2300 g/mol. The molecule has 14 unspecified atom stereocenters. The number of H-pyrrole nitrogens is 4. The van der Waals surface area contributed by atoms with Gasteiger partial charge < -0.3 is 161 Å². The quantitative estimate of drug-likeness (QED) is 0.0140. The van der Waals surface area contributed by atoms with Crippen LogP contribution in [-0.4, -0.2) is 219 Å².